The van der Waals surface area contributed by atoms with Gasteiger partial charge >= 0.3 is 0 Å². The van der Waals surface area contributed by atoms with Crippen molar-refractivity contribution in [1.29, 1.82) is 0 Å². The van der Waals surface area contributed by atoms with E-state index >= 15 is 0 Å². The molecule has 0 aromatic rings. The largest absolute Gasteiger partial charge is 0.348 e. The Labute approximate surface area is 128 Å². The number of rotatable bonds is 2. The van der Waals surface area contributed by atoms with Gasteiger partial charge in [0.05, 0.1) is 13.0 Å². The molecule has 3 aliphatic heterocycles. The standard InChI is InChI=1S/C15H21NO6/c1-14(2)19-7-10(21-14)12-9(20-15(3,4)22-12)5-8-6-11(17)16-13(8)18/h5,9-10,12H,6-7H2,1-4H3,(H,16,17,18)/b8-5+/t9-,10-,12-/m0/s1. The minimum Gasteiger partial charge on any atom is -0.348 e. The summed E-state index contributed by atoms with van der Waals surface area (Å²) in [6.07, 6.45) is 0.573. The number of hydrogen-bond acceptors (Lipinski definition) is 6. The van der Waals surface area contributed by atoms with Gasteiger partial charge in [-0.05, 0) is 33.8 Å². The maximum Gasteiger partial charge on any atom is 0.254 e. The molecule has 7 nitrogen and oxygen atoms in total. The van der Waals surface area contributed by atoms with Gasteiger partial charge in [0.1, 0.15) is 18.3 Å². The third-order valence-electron chi connectivity index (χ3n) is 3.82. The van der Waals surface area contributed by atoms with Crippen LogP contribution >= 0.6 is 0 Å². The van der Waals surface area contributed by atoms with Crippen molar-refractivity contribution in [2.24, 2.45) is 0 Å². The van der Waals surface area contributed by atoms with Gasteiger partial charge in [0, 0.05) is 5.57 Å². The van der Waals surface area contributed by atoms with Gasteiger partial charge in [-0.15, -0.1) is 0 Å². The molecule has 0 unspecified atom stereocenters. The number of hydrogen-bond donors (Lipinski definition) is 1. The molecule has 3 heterocycles. The summed E-state index contributed by atoms with van der Waals surface area (Å²) >= 11 is 0. The number of nitrogens with one attached hydrogen (secondary N) is 1. The summed E-state index contributed by atoms with van der Waals surface area (Å²) < 4.78 is 23.2. The van der Waals surface area contributed by atoms with Gasteiger partial charge < -0.3 is 18.9 Å². The Morgan fingerprint density at radius 1 is 1.09 bits per heavy atom. The molecule has 3 saturated heterocycles. The van der Waals surface area contributed by atoms with Crippen LogP contribution < -0.4 is 5.32 Å². The summed E-state index contributed by atoms with van der Waals surface area (Å²) in [6.45, 7) is 7.68. The Morgan fingerprint density at radius 3 is 2.36 bits per heavy atom. The first-order chi connectivity index (χ1) is 10.2. The zero-order valence-electron chi connectivity index (χ0n) is 13.2. The van der Waals surface area contributed by atoms with Crippen molar-refractivity contribution in [3.05, 3.63) is 11.6 Å². The molecule has 1 N–H and O–H groups in total. The highest BCUT2D eigenvalue weighted by Gasteiger charge is 2.49. The highest BCUT2D eigenvalue weighted by Crippen LogP contribution is 2.36. The first-order valence-electron chi connectivity index (χ1n) is 7.37. The summed E-state index contributed by atoms with van der Waals surface area (Å²) in [5.41, 5.74) is 0.402. The van der Waals surface area contributed by atoms with Gasteiger partial charge in [0.15, 0.2) is 11.6 Å². The van der Waals surface area contributed by atoms with E-state index in [0.717, 1.165) is 0 Å². The summed E-state index contributed by atoms with van der Waals surface area (Å²) in [7, 11) is 0. The normalized spacial score (nSPS) is 38.7. The molecule has 3 fully saturated rings. The summed E-state index contributed by atoms with van der Waals surface area (Å²) in [5.74, 6) is -2.13. The SMILES string of the molecule is CC1(C)O[C@H]([C@@H]2COC(C)(C)O2)[C@H](/C=C2\CC(=O)NC2=O)O1. The predicted molar refractivity (Wildman–Crippen MR) is 74.6 cm³/mol. The van der Waals surface area contributed by atoms with E-state index in [1.165, 1.54) is 0 Å². The molecule has 0 saturated carbocycles. The van der Waals surface area contributed by atoms with Crippen LogP contribution in [0.15, 0.2) is 11.6 Å². The first kappa shape index (κ1) is 15.6. The van der Waals surface area contributed by atoms with Crippen LogP contribution in [0.3, 0.4) is 0 Å². The molecule has 0 aromatic heterocycles. The fourth-order valence-corrected chi connectivity index (χ4v) is 2.95. The molecule has 0 aliphatic carbocycles. The lowest BCUT2D eigenvalue weighted by Gasteiger charge is -2.23. The fraction of sp³-hybridized carbons (Fsp3) is 0.733. The van der Waals surface area contributed by atoms with Crippen LogP contribution in [0.4, 0.5) is 0 Å². The zero-order valence-corrected chi connectivity index (χ0v) is 13.2. The molecule has 122 valence electrons. The minimum absolute atomic E-state index is 0.0688. The van der Waals surface area contributed by atoms with Gasteiger partial charge in [-0.1, -0.05) is 0 Å². The van der Waals surface area contributed by atoms with E-state index in [1.54, 1.807) is 19.9 Å². The van der Waals surface area contributed by atoms with Crippen molar-refractivity contribution in [2.75, 3.05) is 6.61 Å². The summed E-state index contributed by atoms with van der Waals surface area (Å²) in [4.78, 5) is 23.0. The Kier molecular flexibility index (Phi) is 3.64. The van der Waals surface area contributed by atoms with Crippen LogP contribution in [0.1, 0.15) is 34.1 Å². The first-order valence-corrected chi connectivity index (χ1v) is 7.37. The van der Waals surface area contributed by atoms with Crippen molar-refractivity contribution in [2.45, 2.75) is 64.0 Å². The topological polar surface area (TPSA) is 83.1 Å². The number of ether oxygens (including phenoxy) is 4. The molecular formula is C15H21NO6. The van der Waals surface area contributed by atoms with Gasteiger partial charge in [-0.25, -0.2) is 0 Å². The lowest BCUT2D eigenvalue weighted by Crippen LogP contribution is -2.37. The summed E-state index contributed by atoms with van der Waals surface area (Å²) in [6, 6.07) is 0. The van der Waals surface area contributed by atoms with E-state index < -0.39 is 23.8 Å². The lowest BCUT2D eigenvalue weighted by molar-refractivity contribution is -0.174. The Morgan fingerprint density at radius 2 is 1.82 bits per heavy atom. The smallest absolute Gasteiger partial charge is 0.254 e. The average molecular weight is 311 g/mol. The van der Waals surface area contributed by atoms with E-state index in [4.69, 9.17) is 18.9 Å². The Hall–Kier alpha value is -1.28. The number of carbonyl (C=O) groups is 2. The fourth-order valence-electron chi connectivity index (χ4n) is 2.95. The van der Waals surface area contributed by atoms with E-state index in [9.17, 15) is 9.59 Å². The molecule has 0 aromatic carbocycles. The van der Waals surface area contributed by atoms with Gasteiger partial charge in [0.2, 0.25) is 5.91 Å². The molecule has 0 spiro atoms. The van der Waals surface area contributed by atoms with Crippen LogP contribution in [0.2, 0.25) is 0 Å². The Balaban J connectivity index is 1.80. The number of amides is 2. The van der Waals surface area contributed by atoms with Crippen LogP contribution in [-0.2, 0) is 28.5 Å². The molecule has 0 radical (unpaired) electrons. The van der Waals surface area contributed by atoms with E-state index in [2.05, 4.69) is 5.32 Å². The van der Waals surface area contributed by atoms with Crippen LogP contribution in [0.25, 0.3) is 0 Å². The number of imide groups is 1. The average Bonchev–Trinajstić information content (AvgIpc) is 2.97. The molecule has 3 atom stereocenters. The molecule has 3 aliphatic rings. The highest BCUT2D eigenvalue weighted by molar-refractivity contribution is 6.13. The molecule has 2 amide bonds. The lowest BCUT2D eigenvalue weighted by atomic mass is 10.0. The Bertz CT molecular complexity index is 538. The van der Waals surface area contributed by atoms with Crippen molar-refractivity contribution in [3.8, 4) is 0 Å². The van der Waals surface area contributed by atoms with Crippen molar-refractivity contribution >= 4 is 11.8 Å². The molecule has 22 heavy (non-hydrogen) atoms. The quantitative estimate of drug-likeness (QED) is 0.595. The van der Waals surface area contributed by atoms with E-state index in [1.807, 2.05) is 13.8 Å². The number of carbonyl (C=O) groups excluding carboxylic acids is 2. The zero-order chi connectivity index (χ0) is 16.1. The predicted octanol–water partition coefficient (Wildman–Crippen LogP) is 0.631. The monoisotopic (exact) mass is 311 g/mol. The van der Waals surface area contributed by atoms with E-state index in [0.29, 0.717) is 12.2 Å². The highest BCUT2D eigenvalue weighted by atomic mass is 16.8. The van der Waals surface area contributed by atoms with Gasteiger partial charge in [-0.2, -0.15) is 0 Å². The molecule has 3 rings (SSSR count). The molecular weight excluding hydrogens is 290 g/mol. The van der Waals surface area contributed by atoms with Crippen molar-refractivity contribution < 1.29 is 28.5 Å². The van der Waals surface area contributed by atoms with Crippen LogP contribution in [-0.4, -0.2) is 48.3 Å². The van der Waals surface area contributed by atoms with Crippen molar-refractivity contribution in [1.82, 2.24) is 5.32 Å². The van der Waals surface area contributed by atoms with E-state index in [-0.39, 0.29) is 24.3 Å². The second-order valence-electron chi connectivity index (χ2n) is 6.68. The van der Waals surface area contributed by atoms with Gasteiger partial charge in [-0.3, -0.25) is 14.9 Å². The third-order valence-corrected chi connectivity index (χ3v) is 3.82. The van der Waals surface area contributed by atoms with Crippen LogP contribution in [0.5, 0.6) is 0 Å². The summed E-state index contributed by atoms with van der Waals surface area (Å²) in [5, 5.41) is 2.26. The van der Waals surface area contributed by atoms with Crippen molar-refractivity contribution in [3.63, 3.8) is 0 Å². The second kappa shape index (κ2) is 5.13. The second-order valence-corrected chi connectivity index (χ2v) is 6.68. The third kappa shape index (κ3) is 3.08. The van der Waals surface area contributed by atoms with Gasteiger partial charge in [0.25, 0.3) is 5.91 Å². The van der Waals surface area contributed by atoms with Crippen LogP contribution in [0, 0.1) is 0 Å². The molecule has 0 bridgehead atoms. The maximum absolute atomic E-state index is 11.7. The minimum atomic E-state index is -0.790. The molecule has 7 heteroatoms. The maximum atomic E-state index is 11.7.